The maximum atomic E-state index is 15.6. The van der Waals surface area contributed by atoms with E-state index in [9.17, 15) is 15.5 Å². The lowest BCUT2D eigenvalue weighted by Crippen LogP contribution is -2.70. The summed E-state index contributed by atoms with van der Waals surface area (Å²) in [6.07, 6.45) is 12.7. The molecule has 65 heavy (non-hydrogen) atoms. The Bertz CT molecular complexity index is 2400. The Kier molecular flexibility index (Phi) is 15.1. The molecular weight excluding hydrogens is 819 g/mol. The summed E-state index contributed by atoms with van der Waals surface area (Å²) in [6.45, 7) is 9.41. The summed E-state index contributed by atoms with van der Waals surface area (Å²) in [4.78, 5) is 23.8. The third kappa shape index (κ3) is 9.78. The lowest BCUT2D eigenvalue weighted by molar-refractivity contribution is -0.255. The zero-order chi connectivity index (χ0) is 45.2. The number of ether oxygens (including phenoxy) is 4. The van der Waals surface area contributed by atoms with E-state index in [2.05, 4.69) is 55.6 Å². The second-order valence-electron chi connectivity index (χ2n) is 17.5. The van der Waals surface area contributed by atoms with Crippen molar-refractivity contribution in [2.45, 2.75) is 94.8 Å². The van der Waals surface area contributed by atoms with Gasteiger partial charge < -0.3 is 38.9 Å². The molecule has 2 fully saturated rings. The van der Waals surface area contributed by atoms with Crippen LogP contribution in [0.15, 0.2) is 127 Å². The molecule has 7 atom stereocenters. The van der Waals surface area contributed by atoms with E-state index in [1.807, 2.05) is 35.2 Å². The maximum Gasteiger partial charge on any atom is 0.254 e. The summed E-state index contributed by atoms with van der Waals surface area (Å²) in [6, 6.07) is 28.4. The molecule has 2 aliphatic carbocycles. The van der Waals surface area contributed by atoms with Gasteiger partial charge in [0.1, 0.15) is 24.1 Å². The molecule has 4 aliphatic rings. The van der Waals surface area contributed by atoms with Crippen molar-refractivity contribution in [3.8, 4) is 17.6 Å². The first-order chi connectivity index (χ1) is 31.9. The first-order valence-electron chi connectivity index (χ1n) is 23.3. The second-order valence-corrected chi connectivity index (χ2v) is 17.5. The van der Waals surface area contributed by atoms with Gasteiger partial charge in [-0.25, -0.2) is 0 Å². The number of amides is 1. The number of aliphatic hydroxyl groups is 2. The van der Waals surface area contributed by atoms with E-state index >= 15 is 4.79 Å². The van der Waals surface area contributed by atoms with Crippen molar-refractivity contribution in [2.24, 2.45) is 22.9 Å². The zero-order valence-corrected chi connectivity index (χ0v) is 37.2. The van der Waals surface area contributed by atoms with Crippen molar-refractivity contribution in [3.05, 3.63) is 144 Å². The molecule has 2 aliphatic heterocycles. The number of fused-ring (bicyclic) bond motifs is 3. The molecule has 2 N–H and O–H groups in total. The predicted molar refractivity (Wildman–Crippen MR) is 250 cm³/mol. The van der Waals surface area contributed by atoms with Crippen LogP contribution in [0.1, 0.15) is 97.2 Å². The van der Waals surface area contributed by atoms with Crippen molar-refractivity contribution in [3.63, 3.8) is 0 Å². The summed E-state index contributed by atoms with van der Waals surface area (Å²) < 4.78 is 27.0. The molecule has 0 bridgehead atoms. The SMILES string of the molecule is C=CCOc1ccc2c(c1)C1C(CCCCO)C(CCCCO)C=C3C(=NOC4CCCCO4)CC(N(Cc4cccc5ccccc45)C(=O)c4ccc(C#N)cc4)C(OCC=C)(O2)C31. The third-order valence-electron chi connectivity index (χ3n) is 13.5. The minimum atomic E-state index is -1.47. The number of nitrogens with zero attached hydrogens (tertiary/aromatic N) is 3. The van der Waals surface area contributed by atoms with Gasteiger partial charge in [0, 0.05) is 49.6 Å². The monoisotopic (exact) mass is 879 g/mol. The van der Waals surface area contributed by atoms with Crippen LogP contribution in [0.25, 0.3) is 10.8 Å². The van der Waals surface area contributed by atoms with Crippen LogP contribution in [-0.2, 0) is 20.9 Å². The van der Waals surface area contributed by atoms with E-state index in [0.717, 1.165) is 66.0 Å². The molecule has 8 rings (SSSR count). The number of oxime groups is 1. The predicted octanol–water partition coefficient (Wildman–Crippen LogP) is 9.78. The highest BCUT2D eigenvalue weighted by Gasteiger charge is 2.65. The number of hydrogen-bond acceptors (Lipinski definition) is 10. The van der Waals surface area contributed by atoms with Gasteiger partial charge in [0.25, 0.3) is 5.91 Å². The normalized spacial score (nSPS) is 25.0. The first kappa shape index (κ1) is 45.8. The van der Waals surface area contributed by atoms with E-state index in [1.165, 1.54) is 0 Å². The largest absolute Gasteiger partial charge is 0.490 e. The fourth-order valence-corrected chi connectivity index (χ4v) is 10.6. The van der Waals surface area contributed by atoms with Gasteiger partial charge in [-0.2, -0.15) is 5.26 Å². The number of hydrogen-bond donors (Lipinski definition) is 2. The highest BCUT2D eigenvalue weighted by molar-refractivity contribution is 6.03. The molecule has 340 valence electrons. The van der Waals surface area contributed by atoms with Crippen LogP contribution in [-0.4, -0.2) is 77.9 Å². The Hall–Kier alpha value is -5.77. The van der Waals surface area contributed by atoms with E-state index in [1.54, 1.807) is 36.4 Å². The molecule has 11 heteroatoms. The van der Waals surface area contributed by atoms with Gasteiger partial charge in [0.05, 0.1) is 36.5 Å². The Balaban J connectivity index is 1.38. The summed E-state index contributed by atoms with van der Waals surface area (Å²) in [5, 5.41) is 36.8. The van der Waals surface area contributed by atoms with Gasteiger partial charge in [-0.15, -0.1) is 6.58 Å². The van der Waals surface area contributed by atoms with E-state index < -0.39 is 24.0 Å². The van der Waals surface area contributed by atoms with Crippen LogP contribution in [0, 0.1) is 29.1 Å². The highest BCUT2D eigenvalue weighted by atomic mass is 16.8. The van der Waals surface area contributed by atoms with Gasteiger partial charge in [0.2, 0.25) is 12.1 Å². The Morgan fingerprint density at radius 3 is 2.48 bits per heavy atom. The topological polar surface area (TPSA) is 143 Å². The molecule has 11 nitrogen and oxygen atoms in total. The summed E-state index contributed by atoms with van der Waals surface area (Å²) in [5.74, 6) is -1.03. The summed E-state index contributed by atoms with van der Waals surface area (Å²) in [5.41, 5.74) is 4.42. The van der Waals surface area contributed by atoms with Gasteiger partial charge in [-0.05, 0) is 115 Å². The molecule has 1 amide bonds. The van der Waals surface area contributed by atoms with Gasteiger partial charge >= 0.3 is 0 Å². The fourth-order valence-electron chi connectivity index (χ4n) is 10.6. The van der Waals surface area contributed by atoms with E-state index in [-0.39, 0.29) is 56.4 Å². The van der Waals surface area contributed by atoms with Crippen molar-refractivity contribution in [1.82, 2.24) is 4.90 Å². The number of carbonyl (C=O) groups is 1. The van der Waals surface area contributed by atoms with Crippen LogP contribution in [0.3, 0.4) is 0 Å². The standard InChI is InChI=1S/C54H61N3O8/c1-3-29-61-42-25-26-48-46(33-42)51-44(19-8-11-28-59)40(15-7-10-27-58)32-45-47(56-65-50-20-9-12-31-62-50)34-49(54(64-48,52(45)51)63-30-4-2)57(53(60)39-23-21-37(35-55)22-24-39)36-41-17-13-16-38-14-5-6-18-43(38)41/h3-6,13-14,16-18,21-26,32-33,40,44,49-52,58-59H,1-2,7-12,15,19-20,27-31,34,36H2. The van der Waals surface area contributed by atoms with Crippen molar-refractivity contribution < 1.29 is 38.8 Å². The number of nitriles is 1. The molecule has 2 heterocycles. The van der Waals surface area contributed by atoms with Crippen LogP contribution < -0.4 is 9.47 Å². The molecule has 7 unspecified atom stereocenters. The quantitative estimate of drug-likeness (QED) is 0.0504. The molecule has 4 aromatic rings. The molecule has 0 spiro atoms. The average molecular weight is 880 g/mol. The van der Waals surface area contributed by atoms with Crippen molar-refractivity contribution in [1.29, 1.82) is 5.26 Å². The van der Waals surface area contributed by atoms with Gasteiger partial charge in [-0.3, -0.25) is 4.79 Å². The molecule has 1 saturated carbocycles. The summed E-state index contributed by atoms with van der Waals surface area (Å²) >= 11 is 0. The minimum absolute atomic E-state index is 0.0429. The Morgan fingerprint density at radius 2 is 1.72 bits per heavy atom. The van der Waals surface area contributed by atoms with E-state index in [4.69, 9.17) is 28.9 Å². The van der Waals surface area contributed by atoms with Crippen molar-refractivity contribution in [2.75, 3.05) is 33.0 Å². The summed E-state index contributed by atoms with van der Waals surface area (Å²) in [7, 11) is 0. The van der Waals surface area contributed by atoms with Gasteiger partial charge in [-0.1, -0.05) is 85.3 Å². The van der Waals surface area contributed by atoms with Crippen LogP contribution in [0.5, 0.6) is 11.5 Å². The zero-order valence-electron chi connectivity index (χ0n) is 37.2. The average Bonchev–Trinajstić information content (AvgIpc) is 3.35. The lowest BCUT2D eigenvalue weighted by Gasteiger charge is -2.60. The van der Waals surface area contributed by atoms with Crippen LogP contribution in [0.4, 0.5) is 0 Å². The number of allylic oxidation sites excluding steroid dienone is 1. The smallest absolute Gasteiger partial charge is 0.254 e. The molecule has 1 saturated heterocycles. The van der Waals surface area contributed by atoms with Crippen LogP contribution >= 0.6 is 0 Å². The number of carbonyl (C=O) groups excluding carboxylic acids is 1. The van der Waals surface area contributed by atoms with E-state index in [0.29, 0.717) is 60.8 Å². The minimum Gasteiger partial charge on any atom is -0.490 e. The number of benzene rings is 4. The fraction of sp³-hybridized carbons (Fsp3) is 0.426. The van der Waals surface area contributed by atoms with Gasteiger partial charge in [0.15, 0.2) is 0 Å². The maximum absolute atomic E-state index is 15.6. The lowest BCUT2D eigenvalue weighted by atomic mass is 9.55. The third-order valence-corrected chi connectivity index (χ3v) is 13.5. The second kappa shape index (κ2) is 21.5. The number of rotatable bonds is 20. The molecule has 0 aromatic heterocycles. The van der Waals surface area contributed by atoms with Crippen LogP contribution in [0.2, 0.25) is 0 Å². The van der Waals surface area contributed by atoms with Crippen molar-refractivity contribution >= 4 is 22.4 Å². The Labute approximate surface area is 382 Å². The number of aliphatic hydroxyl groups excluding tert-OH is 2. The molecule has 0 radical (unpaired) electrons. The highest BCUT2D eigenvalue weighted by Crippen LogP contribution is 2.62. The number of unbranched alkanes of at least 4 members (excludes halogenated alkanes) is 2. The Morgan fingerprint density at radius 1 is 0.938 bits per heavy atom. The first-order valence-corrected chi connectivity index (χ1v) is 23.3. The molecule has 4 aromatic carbocycles. The molecular formula is C54H61N3O8.